The Bertz CT molecular complexity index is 1340. The van der Waals surface area contributed by atoms with E-state index in [1.54, 1.807) is 24.1 Å². The highest BCUT2D eigenvalue weighted by Crippen LogP contribution is 2.40. The number of nitrogens with two attached hydrogens (primary N) is 1. The summed E-state index contributed by atoms with van der Waals surface area (Å²) >= 11 is 0. The molecular formula is C30H37N3O9. The number of carbonyl (C=O) groups excluding carboxylic acids is 3. The molecule has 2 unspecified atom stereocenters. The molecule has 1 heterocycles. The molecule has 4 rings (SSSR count). The minimum absolute atomic E-state index is 0.0392. The molecule has 2 aliphatic rings. The number of ether oxygens (including phenoxy) is 6. The van der Waals surface area contributed by atoms with E-state index >= 15 is 0 Å². The first-order valence-corrected chi connectivity index (χ1v) is 12.9. The van der Waals surface area contributed by atoms with Crippen LogP contribution >= 0.6 is 0 Å². The third-order valence-corrected chi connectivity index (χ3v) is 7.16. The molecule has 0 bridgehead atoms. The molecule has 226 valence electrons. The second kappa shape index (κ2) is 13.8. The molecule has 1 saturated heterocycles. The summed E-state index contributed by atoms with van der Waals surface area (Å²) in [4.78, 5) is 38.4. The van der Waals surface area contributed by atoms with Gasteiger partial charge in [-0.25, -0.2) is 0 Å². The zero-order chi connectivity index (χ0) is 31.0. The van der Waals surface area contributed by atoms with Crippen LogP contribution in [0, 0.1) is 0 Å². The maximum Gasteiger partial charge on any atom is 0.254 e. The van der Waals surface area contributed by atoms with Crippen LogP contribution in [0.2, 0.25) is 0 Å². The first-order chi connectivity index (χ1) is 20.2. The van der Waals surface area contributed by atoms with Gasteiger partial charge in [-0.2, -0.15) is 0 Å². The van der Waals surface area contributed by atoms with E-state index in [0.717, 1.165) is 11.9 Å². The van der Waals surface area contributed by atoms with E-state index < -0.39 is 11.4 Å². The van der Waals surface area contributed by atoms with Crippen LogP contribution in [-0.2, 0) is 4.79 Å². The SMILES string of the molecule is COc1cc(C(=O)NC2(CN)C(=O)N(C)C3CC=CC=C32)cc(OC)c1OC.COc1cc(C=O)cc(OC)c1OC. The number of hydrogen-bond donors (Lipinski definition) is 2. The van der Waals surface area contributed by atoms with Crippen LogP contribution < -0.4 is 39.5 Å². The lowest BCUT2D eigenvalue weighted by Crippen LogP contribution is -2.59. The average molecular weight is 584 g/mol. The molecule has 2 atom stereocenters. The van der Waals surface area contributed by atoms with Gasteiger partial charge >= 0.3 is 0 Å². The van der Waals surface area contributed by atoms with E-state index in [1.165, 1.54) is 54.8 Å². The number of rotatable bonds is 10. The van der Waals surface area contributed by atoms with E-state index in [2.05, 4.69) is 5.32 Å². The standard InChI is InChI=1S/C20H25N3O5.C10H12O4/c1-23-14-8-6-5-7-13(14)20(11-21,19(23)25)22-18(24)12-9-15(26-2)17(28-4)16(10-12)27-3;1-12-8-4-7(6-11)5-9(13-2)10(8)14-3/h5-7,9-10,14H,8,11,21H2,1-4H3,(H,22,24);4-6H,1-3H3. The van der Waals surface area contributed by atoms with Crippen molar-refractivity contribution in [2.45, 2.75) is 18.0 Å². The number of amides is 2. The van der Waals surface area contributed by atoms with E-state index in [1.807, 2.05) is 18.2 Å². The first-order valence-electron chi connectivity index (χ1n) is 12.9. The van der Waals surface area contributed by atoms with Gasteiger partial charge in [0.2, 0.25) is 11.5 Å². The topological polar surface area (TPSA) is 148 Å². The number of nitrogens with zero attached hydrogens (tertiary/aromatic N) is 1. The fourth-order valence-electron chi connectivity index (χ4n) is 5.01. The minimum Gasteiger partial charge on any atom is -0.493 e. The van der Waals surface area contributed by atoms with Gasteiger partial charge in [0.15, 0.2) is 28.5 Å². The van der Waals surface area contributed by atoms with Crippen molar-refractivity contribution >= 4 is 18.1 Å². The van der Waals surface area contributed by atoms with Gasteiger partial charge in [0.25, 0.3) is 11.8 Å². The first kappa shape index (κ1) is 31.8. The molecule has 0 radical (unpaired) electrons. The third kappa shape index (κ3) is 5.84. The van der Waals surface area contributed by atoms with Gasteiger partial charge in [-0.1, -0.05) is 18.2 Å². The third-order valence-electron chi connectivity index (χ3n) is 7.16. The van der Waals surface area contributed by atoms with Crippen molar-refractivity contribution in [1.29, 1.82) is 0 Å². The second-order valence-electron chi connectivity index (χ2n) is 9.27. The molecule has 12 nitrogen and oxygen atoms in total. The number of methoxy groups -OCH3 is 6. The molecule has 0 saturated carbocycles. The fourth-order valence-corrected chi connectivity index (χ4v) is 5.01. The van der Waals surface area contributed by atoms with Crippen molar-refractivity contribution in [3.63, 3.8) is 0 Å². The normalized spacial score (nSPS) is 18.6. The Morgan fingerprint density at radius 1 is 0.929 bits per heavy atom. The highest BCUT2D eigenvalue weighted by atomic mass is 16.5. The van der Waals surface area contributed by atoms with Crippen molar-refractivity contribution in [3.8, 4) is 34.5 Å². The van der Waals surface area contributed by atoms with E-state index in [4.69, 9.17) is 34.2 Å². The molecule has 1 aliphatic heterocycles. The lowest BCUT2D eigenvalue weighted by Gasteiger charge is -2.29. The quantitative estimate of drug-likeness (QED) is 0.400. The summed E-state index contributed by atoms with van der Waals surface area (Å²) in [5.41, 5.74) is 6.29. The lowest BCUT2D eigenvalue weighted by atomic mass is 9.85. The zero-order valence-electron chi connectivity index (χ0n) is 24.8. The maximum absolute atomic E-state index is 13.1. The van der Waals surface area contributed by atoms with Gasteiger partial charge in [-0.15, -0.1) is 0 Å². The molecule has 12 heteroatoms. The number of hydrogen-bond acceptors (Lipinski definition) is 10. The molecule has 2 amide bonds. The molecule has 42 heavy (non-hydrogen) atoms. The Labute approximate surface area is 244 Å². The number of aldehydes is 1. The largest absolute Gasteiger partial charge is 0.493 e. The van der Waals surface area contributed by atoms with Gasteiger partial charge < -0.3 is 44.4 Å². The van der Waals surface area contributed by atoms with Gasteiger partial charge in [0.05, 0.1) is 48.7 Å². The Morgan fingerprint density at radius 3 is 1.86 bits per heavy atom. The van der Waals surface area contributed by atoms with Crippen LogP contribution in [0.3, 0.4) is 0 Å². The van der Waals surface area contributed by atoms with Gasteiger partial charge in [-0.3, -0.25) is 14.4 Å². The molecule has 2 aromatic carbocycles. The summed E-state index contributed by atoms with van der Waals surface area (Å²) in [6.07, 6.45) is 7.15. The predicted molar refractivity (Wildman–Crippen MR) is 155 cm³/mol. The molecular weight excluding hydrogens is 546 g/mol. The van der Waals surface area contributed by atoms with Crippen LogP contribution in [0.5, 0.6) is 34.5 Å². The van der Waals surface area contributed by atoms with E-state index in [9.17, 15) is 14.4 Å². The highest BCUT2D eigenvalue weighted by molar-refractivity contribution is 6.03. The molecule has 1 fully saturated rings. The summed E-state index contributed by atoms with van der Waals surface area (Å²) in [5.74, 6) is 1.84. The summed E-state index contributed by atoms with van der Waals surface area (Å²) in [7, 11) is 10.7. The average Bonchev–Trinajstić information content (AvgIpc) is 3.25. The van der Waals surface area contributed by atoms with Gasteiger partial charge in [0, 0.05) is 24.7 Å². The second-order valence-corrected chi connectivity index (χ2v) is 9.27. The van der Waals surface area contributed by atoms with Crippen LogP contribution in [0.4, 0.5) is 0 Å². The van der Waals surface area contributed by atoms with Crippen LogP contribution in [0.1, 0.15) is 27.1 Å². The molecule has 0 aromatic heterocycles. The van der Waals surface area contributed by atoms with Crippen LogP contribution in [0.25, 0.3) is 0 Å². The van der Waals surface area contributed by atoms with Crippen molar-refractivity contribution < 1.29 is 42.8 Å². The number of carbonyl (C=O) groups is 3. The van der Waals surface area contributed by atoms with Crippen LogP contribution in [-0.4, -0.2) is 90.8 Å². The van der Waals surface area contributed by atoms with Crippen LogP contribution in [0.15, 0.2) is 48.1 Å². The maximum atomic E-state index is 13.1. The Morgan fingerprint density at radius 2 is 1.43 bits per heavy atom. The van der Waals surface area contributed by atoms with E-state index in [0.29, 0.717) is 46.5 Å². The number of benzene rings is 2. The number of fused-ring (bicyclic) bond motifs is 1. The molecule has 0 spiro atoms. The fraction of sp³-hybridized carbons (Fsp3) is 0.367. The number of allylic oxidation sites excluding steroid dienone is 2. The number of likely N-dealkylation sites (tertiary alicyclic amines) is 1. The molecule has 1 aliphatic carbocycles. The van der Waals surface area contributed by atoms with Gasteiger partial charge in [0.1, 0.15) is 6.29 Å². The van der Waals surface area contributed by atoms with Crippen molar-refractivity contribution in [3.05, 3.63) is 59.2 Å². The summed E-state index contributed by atoms with van der Waals surface area (Å²) in [6.45, 7) is -0.0392. The zero-order valence-corrected chi connectivity index (χ0v) is 24.8. The Kier molecular flexibility index (Phi) is 10.4. The van der Waals surface area contributed by atoms with Crippen molar-refractivity contribution in [1.82, 2.24) is 10.2 Å². The number of nitrogens with one attached hydrogen (secondary N) is 1. The van der Waals surface area contributed by atoms with Crippen molar-refractivity contribution in [2.75, 3.05) is 56.3 Å². The molecule has 3 N–H and O–H groups in total. The predicted octanol–water partition coefficient (Wildman–Crippen LogP) is 2.39. The minimum atomic E-state index is -1.28. The summed E-state index contributed by atoms with van der Waals surface area (Å²) < 4.78 is 31.1. The highest BCUT2D eigenvalue weighted by Gasteiger charge is 2.54. The summed E-state index contributed by atoms with van der Waals surface area (Å²) in [6, 6.07) is 6.15. The Hall–Kier alpha value is -4.71. The lowest BCUT2D eigenvalue weighted by molar-refractivity contribution is -0.132. The summed E-state index contributed by atoms with van der Waals surface area (Å²) in [5, 5.41) is 2.87. The monoisotopic (exact) mass is 583 g/mol. The van der Waals surface area contributed by atoms with Gasteiger partial charge in [-0.05, 0) is 36.3 Å². The molecule has 2 aromatic rings. The van der Waals surface area contributed by atoms with E-state index in [-0.39, 0.29) is 24.1 Å². The smallest absolute Gasteiger partial charge is 0.254 e. The number of likely N-dealkylation sites (N-methyl/N-ethyl adjacent to an activating group) is 1. The Balaban J connectivity index is 0.000000291. The van der Waals surface area contributed by atoms with Crippen molar-refractivity contribution in [2.24, 2.45) is 5.73 Å².